The van der Waals surface area contributed by atoms with Crippen LogP contribution in [0.3, 0.4) is 0 Å². The fraction of sp³-hybridized carbons (Fsp3) is 0.571. The van der Waals surface area contributed by atoms with E-state index in [9.17, 15) is 16.8 Å². The van der Waals surface area contributed by atoms with Gasteiger partial charge in [0, 0.05) is 26.2 Å². The van der Waals surface area contributed by atoms with Gasteiger partial charge < -0.3 is 4.74 Å². The van der Waals surface area contributed by atoms with Gasteiger partial charge in [-0.2, -0.15) is 8.61 Å². The van der Waals surface area contributed by atoms with Crippen LogP contribution in [0.25, 0.3) is 0 Å². The first-order valence-electron chi connectivity index (χ1n) is 7.49. The lowest BCUT2D eigenvalue weighted by Crippen LogP contribution is -2.51. The third kappa shape index (κ3) is 3.10. The minimum absolute atomic E-state index is 0.112. The molecule has 1 saturated carbocycles. The standard InChI is InChI=1S/C14H20N2O5S2/c1-21-13-4-2-3-5-14(13)23(19,20)16-10-8-15(9-11-16)22(17,18)12-6-7-12/h2-5,12H,6-11H2,1H3. The Kier molecular flexibility index (Phi) is 4.39. The van der Waals surface area contributed by atoms with Crippen LogP contribution in [-0.4, -0.2) is 64.0 Å². The lowest BCUT2D eigenvalue weighted by atomic mass is 10.3. The van der Waals surface area contributed by atoms with E-state index in [1.165, 1.54) is 21.8 Å². The van der Waals surface area contributed by atoms with E-state index in [2.05, 4.69) is 0 Å². The fourth-order valence-electron chi connectivity index (χ4n) is 2.71. The van der Waals surface area contributed by atoms with Gasteiger partial charge in [0.05, 0.1) is 12.4 Å². The second kappa shape index (κ2) is 6.04. The summed E-state index contributed by atoms with van der Waals surface area (Å²) in [6.45, 7) is 0.721. The van der Waals surface area contributed by atoms with E-state index < -0.39 is 20.0 Å². The number of rotatable bonds is 5. The smallest absolute Gasteiger partial charge is 0.246 e. The Morgan fingerprint density at radius 3 is 2.09 bits per heavy atom. The molecule has 9 heteroatoms. The first-order valence-corrected chi connectivity index (χ1v) is 10.4. The highest BCUT2D eigenvalue weighted by molar-refractivity contribution is 7.90. The van der Waals surface area contributed by atoms with E-state index >= 15 is 0 Å². The highest BCUT2D eigenvalue weighted by Crippen LogP contribution is 2.32. The molecule has 0 unspecified atom stereocenters. The zero-order valence-electron chi connectivity index (χ0n) is 12.9. The van der Waals surface area contributed by atoms with Crippen LogP contribution in [0.1, 0.15) is 12.8 Å². The fourth-order valence-corrected chi connectivity index (χ4v) is 6.12. The largest absolute Gasteiger partial charge is 0.495 e. The highest BCUT2D eigenvalue weighted by atomic mass is 32.2. The summed E-state index contributed by atoms with van der Waals surface area (Å²) in [6, 6.07) is 6.45. The average molecular weight is 360 g/mol. The molecule has 1 aromatic carbocycles. The van der Waals surface area contributed by atoms with Gasteiger partial charge in [-0.15, -0.1) is 0 Å². The Hall–Kier alpha value is -1.16. The molecule has 0 radical (unpaired) electrons. The molecule has 2 aliphatic rings. The van der Waals surface area contributed by atoms with Gasteiger partial charge in [0.25, 0.3) is 0 Å². The lowest BCUT2D eigenvalue weighted by Gasteiger charge is -2.33. The minimum Gasteiger partial charge on any atom is -0.495 e. The van der Waals surface area contributed by atoms with E-state index in [-0.39, 0.29) is 36.3 Å². The molecule has 0 spiro atoms. The van der Waals surface area contributed by atoms with Crippen molar-refractivity contribution in [2.75, 3.05) is 33.3 Å². The average Bonchev–Trinajstić information content (AvgIpc) is 3.40. The molecule has 1 aliphatic heterocycles. The maximum absolute atomic E-state index is 12.7. The molecule has 0 N–H and O–H groups in total. The molecule has 2 fully saturated rings. The molecular formula is C14H20N2O5S2. The van der Waals surface area contributed by atoms with Gasteiger partial charge in [0.2, 0.25) is 20.0 Å². The minimum atomic E-state index is -3.69. The van der Waals surface area contributed by atoms with Crippen LogP contribution in [-0.2, 0) is 20.0 Å². The number of nitrogens with zero attached hydrogens (tertiary/aromatic N) is 2. The normalized spacial score (nSPS) is 21.3. The van der Waals surface area contributed by atoms with Crippen molar-refractivity contribution in [2.24, 2.45) is 0 Å². The van der Waals surface area contributed by atoms with Gasteiger partial charge in [-0.05, 0) is 25.0 Å². The summed E-state index contributed by atoms with van der Waals surface area (Å²) < 4.78 is 57.8. The summed E-state index contributed by atoms with van der Waals surface area (Å²) in [5.41, 5.74) is 0. The van der Waals surface area contributed by atoms with Gasteiger partial charge >= 0.3 is 0 Å². The Morgan fingerprint density at radius 2 is 1.52 bits per heavy atom. The number of sulfonamides is 2. The number of hydrogen-bond acceptors (Lipinski definition) is 5. The Bertz CT molecular complexity index is 779. The first-order chi connectivity index (χ1) is 10.9. The van der Waals surface area contributed by atoms with Crippen molar-refractivity contribution < 1.29 is 21.6 Å². The van der Waals surface area contributed by atoms with Crippen molar-refractivity contribution >= 4 is 20.0 Å². The van der Waals surface area contributed by atoms with Gasteiger partial charge in [-0.3, -0.25) is 0 Å². The monoisotopic (exact) mass is 360 g/mol. The Morgan fingerprint density at radius 1 is 0.957 bits per heavy atom. The lowest BCUT2D eigenvalue weighted by molar-refractivity contribution is 0.271. The topological polar surface area (TPSA) is 84.0 Å². The summed E-state index contributed by atoms with van der Waals surface area (Å²) >= 11 is 0. The molecule has 0 aromatic heterocycles. The van der Waals surface area contributed by atoms with Crippen LogP contribution in [0.5, 0.6) is 5.75 Å². The van der Waals surface area contributed by atoms with E-state index in [4.69, 9.17) is 4.74 Å². The summed E-state index contributed by atoms with van der Waals surface area (Å²) in [5.74, 6) is 0.292. The summed E-state index contributed by atoms with van der Waals surface area (Å²) in [7, 11) is -5.51. The number of ether oxygens (including phenoxy) is 1. The quantitative estimate of drug-likeness (QED) is 0.763. The molecule has 7 nitrogen and oxygen atoms in total. The van der Waals surface area contributed by atoms with Crippen molar-refractivity contribution in [3.8, 4) is 5.75 Å². The Balaban J connectivity index is 1.76. The molecule has 1 aliphatic carbocycles. The molecule has 1 aromatic rings. The third-order valence-corrected chi connectivity index (χ3v) is 8.53. The first kappa shape index (κ1) is 16.7. The summed E-state index contributed by atoms with van der Waals surface area (Å²) in [6.07, 6.45) is 1.42. The zero-order valence-corrected chi connectivity index (χ0v) is 14.5. The van der Waals surface area contributed by atoms with E-state index in [0.29, 0.717) is 18.6 Å². The van der Waals surface area contributed by atoms with Crippen LogP contribution in [0.15, 0.2) is 29.2 Å². The van der Waals surface area contributed by atoms with Crippen molar-refractivity contribution in [3.05, 3.63) is 24.3 Å². The van der Waals surface area contributed by atoms with Crippen molar-refractivity contribution in [1.82, 2.24) is 8.61 Å². The number of para-hydroxylation sites is 1. The summed E-state index contributed by atoms with van der Waals surface area (Å²) in [4.78, 5) is 0.112. The second-order valence-electron chi connectivity index (χ2n) is 5.70. The number of piperazine rings is 1. The predicted molar refractivity (Wildman–Crippen MR) is 85.3 cm³/mol. The van der Waals surface area contributed by atoms with Gasteiger partial charge in [-0.25, -0.2) is 16.8 Å². The van der Waals surface area contributed by atoms with Gasteiger partial charge in [0.1, 0.15) is 10.6 Å². The summed E-state index contributed by atoms with van der Waals surface area (Å²) in [5, 5.41) is -0.264. The van der Waals surface area contributed by atoms with Crippen LogP contribution < -0.4 is 4.74 Å². The third-order valence-electron chi connectivity index (χ3n) is 4.19. The van der Waals surface area contributed by atoms with Crippen LogP contribution in [0.4, 0.5) is 0 Å². The van der Waals surface area contributed by atoms with E-state index in [0.717, 1.165) is 0 Å². The van der Waals surface area contributed by atoms with Crippen molar-refractivity contribution in [2.45, 2.75) is 23.0 Å². The van der Waals surface area contributed by atoms with Gasteiger partial charge in [-0.1, -0.05) is 12.1 Å². The predicted octanol–water partition coefficient (Wildman–Crippen LogP) is 0.494. The van der Waals surface area contributed by atoms with Crippen molar-refractivity contribution in [1.29, 1.82) is 0 Å². The zero-order chi connectivity index (χ0) is 16.7. The second-order valence-corrected chi connectivity index (χ2v) is 9.82. The molecular weight excluding hydrogens is 340 g/mol. The number of methoxy groups -OCH3 is 1. The Labute approximate surface area is 136 Å². The molecule has 1 saturated heterocycles. The van der Waals surface area contributed by atoms with E-state index in [1.807, 2.05) is 0 Å². The number of benzene rings is 1. The highest BCUT2D eigenvalue weighted by Gasteiger charge is 2.42. The van der Waals surface area contributed by atoms with Crippen LogP contribution in [0, 0.1) is 0 Å². The maximum Gasteiger partial charge on any atom is 0.246 e. The molecule has 1 heterocycles. The molecule has 3 rings (SSSR count). The van der Waals surface area contributed by atoms with Crippen molar-refractivity contribution in [3.63, 3.8) is 0 Å². The molecule has 23 heavy (non-hydrogen) atoms. The molecule has 128 valence electrons. The van der Waals surface area contributed by atoms with Crippen LogP contribution in [0.2, 0.25) is 0 Å². The van der Waals surface area contributed by atoms with Crippen LogP contribution >= 0.6 is 0 Å². The van der Waals surface area contributed by atoms with Gasteiger partial charge in [0.15, 0.2) is 0 Å². The molecule has 0 atom stereocenters. The van der Waals surface area contributed by atoms with E-state index in [1.54, 1.807) is 18.2 Å². The SMILES string of the molecule is COc1ccccc1S(=O)(=O)N1CCN(S(=O)(=O)C2CC2)CC1. The number of hydrogen-bond donors (Lipinski definition) is 0. The maximum atomic E-state index is 12.7. The molecule has 0 bridgehead atoms. The molecule has 0 amide bonds.